The summed E-state index contributed by atoms with van der Waals surface area (Å²) in [5.41, 5.74) is 2.52. The maximum atomic E-state index is 12.6. The van der Waals surface area contributed by atoms with E-state index in [9.17, 15) is 14.4 Å². The predicted octanol–water partition coefficient (Wildman–Crippen LogP) is 3.39. The van der Waals surface area contributed by atoms with Crippen molar-refractivity contribution in [1.29, 1.82) is 0 Å². The number of carbonyl (C=O) groups excluding carboxylic acids is 3. The number of para-hydroxylation sites is 1. The predicted molar refractivity (Wildman–Crippen MR) is 118 cm³/mol. The summed E-state index contributed by atoms with van der Waals surface area (Å²) < 4.78 is 6.09. The second-order valence-electron chi connectivity index (χ2n) is 6.33. The number of urea groups is 1. The molecule has 0 radical (unpaired) electrons. The Labute approximate surface area is 182 Å². The van der Waals surface area contributed by atoms with Gasteiger partial charge >= 0.3 is 6.03 Å². The summed E-state index contributed by atoms with van der Waals surface area (Å²) in [6, 6.07) is 12.2. The average Bonchev–Trinajstić information content (AvgIpc) is 2.96. The lowest BCUT2D eigenvalue weighted by atomic mass is 10.1. The highest BCUT2D eigenvalue weighted by Crippen LogP contribution is 2.23. The minimum Gasteiger partial charge on any atom is -0.496 e. The maximum absolute atomic E-state index is 12.6. The van der Waals surface area contributed by atoms with Crippen LogP contribution in [0.1, 0.15) is 18.1 Å². The molecule has 1 heterocycles. The van der Waals surface area contributed by atoms with Crippen molar-refractivity contribution in [2.24, 2.45) is 0 Å². The molecule has 2 aromatic carbocycles. The fraction of sp³-hybridized carbons (Fsp3) is 0.190. The number of rotatable bonds is 6. The number of imide groups is 1. The zero-order valence-corrected chi connectivity index (χ0v) is 18.1. The Balaban J connectivity index is 1.72. The first-order chi connectivity index (χ1) is 13.9. The fourth-order valence-electron chi connectivity index (χ4n) is 2.94. The Bertz CT molecular complexity index is 1000. The molecule has 1 aliphatic rings. The lowest BCUT2D eigenvalue weighted by Crippen LogP contribution is -2.38. The van der Waals surface area contributed by atoms with Crippen LogP contribution in [0.2, 0.25) is 0 Å². The Morgan fingerprint density at radius 3 is 2.69 bits per heavy atom. The van der Waals surface area contributed by atoms with Crippen LogP contribution in [0.15, 0.2) is 48.2 Å². The third kappa shape index (κ3) is 4.76. The van der Waals surface area contributed by atoms with E-state index in [-0.39, 0.29) is 12.2 Å². The Morgan fingerprint density at radius 2 is 2.00 bits per heavy atom. The van der Waals surface area contributed by atoms with E-state index in [1.165, 1.54) is 0 Å². The van der Waals surface area contributed by atoms with Gasteiger partial charge in [-0.2, -0.15) is 0 Å². The van der Waals surface area contributed by atoms with Crippen molar-refractivity contribution in [2.45, 2.75) is 13.3 Å². The molecule has 1 saturated heterocycles. The molecule has 0 spiro atoms. The standard InChI is InChI=1S/C21H20IN3O4/c1-3-14-6-4-5-7-16(14)23-19(26)12-25-20(27)17(24-21(25)28)11-13-8-9-18(29-2)15(22)10-13/h4-11H,3,12H2,1-2H3,(H,23,26)(H,24,28)/b17-11+. The number of halogens is 1. The summed E-state index contributed by atoms with van der Waals surface area (Å²) in [6.07, 6.45) is 2.33. The van der Waals surface area contributed by atoms with E-state index in [1.54, 1.807) is 31.4 Å². The van der Waals surface area contributed by atoms with Gasteiger partial charge in [-0.25, -0.2) is 9.69 Å². The summed E-state index contributed by atoms with van der Waals surface area (Å²) in [7, 11) is 1.58. The second-order valence-corrected chi connectivity index (χ2v) is 7.49. The first-order valence-corrected chi connectivity index (χ1v) is 10.1. The number of amides is 4. The SMILES string of the molecule is CCc1ccccc1NC(=O)CN1C(=O)N/C(=C/c2ccc(OC)c(I)c2)C1=O. The number of carbonyl (C=O) groups is 3. The van der Waals surface area contributed by atoms with Crippen molar-refractivity contribution in [3.05, 3.63) is 62.9 Å². The molecular formula is C21H20IN3O4. The molecule has 7 nitrogen and oxygen atoms in total. The highest BCUT2D eigenvalue weighted by molar-refractivity contribution is 14.1. The van der Waals surface area contributed by atoms with Gasteiger partial charge in [0.15, 0.2) is 0 Å². The zero-order valence-electron chi connectivity index (χ0n) is 16.0. The molecule has 0 aromatic heterocycles. The van der Waals surface area contributed by atoms with Crippen LogP contribution in [-0.4, -0.2) is 36.4 Å². The van der Waals surface area contributed by atoms with Gasteiger partial charge in [0, 0.05) is 5.69 Å². The Morgan fingerprint density at radius 1 is 1.24 bits per heavy atom. The quantitative estimate of drug-likeness (QED) is 0.358. The number of benzene rings is 2. The van der Waals surface area contributed by atoms with Crippen LogP contribution >= 0.6 is 22.6 Å². The van der Waals surface area contributed by atoms with Gasteiger partial charge in [-0.3, -0.25) is 9.59 Å². The molecule has 0 bridgehead atoms. The largest absolute Gasteiger partial charge is 0.496 e. The number of nitrogens with zero attached hydrogens (tertiary/aromatic N) is 1. The van der Waals surface area contributed by atoms with E-state index in [0.717, 1.165) is 31.8 Å². The Kier molecular flexibility index (Phi) is 6.53. The van der Waals surface area contributed by atoms with Crippen LogP contribution < -0.4 is 15.4 Å². The van der Waals surface area contributed by atoms with E-state index in [1.807, 2.05) is 31.2 Å². The van der Waals surface area contributed by atoms with E-state index in [2.05, 4.69) is 33.2 Å². The van der Waals surface area contributed by atoms with Crippen LogP contribution in [0, 0.1) is 3.57 Å². The van der Waals surface area contributed by atoms with Gasteiger partial charge in [0.25, 0.3) is 5.91 Å². The number of anilines is 1. The van der Waals surface area contributed by atoms with Crippen LogP contribution in [-0.2, 0) is 16.0 Å². The molecule has 8 heteroatoms. The molecular weight excluding hydrogens is 485 g/mol. The van der Waals surface area contributed by atoms with Gasteiger partial charge in [0.2, 0.25) is 5.91 Å². The second kappa shape index (κ2) is 9.08. The monoisotopic (exact) mass is 505 g/mol. The van der Waals surface area contributed by atoms with Crippen LogP contribution in [0.25, 0.3) is 6.08 Å². The van der Waals surface area contributed by atoms with Crippen molar-refractivity contribution in [1.82, 2.24) is 10.2 Å². The van der Waals surface area contributed by atoms with Crippen LogP contribution in [0.3, 0.4) is 0 Å². The minimum absolute atomic E-state index is 0.123. The number of methoxy groups -OCH3 is 1. The van der Waals surface area contributed by atoms with Crippen LogP contribution in [0.4, 0.5) is 10.5 Å². The zero-order chi connectivity index (χ0) is 21.0. The third-order valence-corrected chi connectivity index (χ3v) is 5.27. The van der Waals surface area contributed by atoms with Crippen molar-refractivity contribution in [2.75, 3.05) is 19.0 Å². The van der Waals surface area contributed by atoms with Crippen molar-refractivity contribution >= 4 is 52.2 Å². The normalized spacial score (nSPS) is 14.9. The summed E-state index contributed by atoms with van der Waals surface area (Å²) in [5, 5.41) is 5.29. The molecule has 0 unspecified atom stereocenters. The fourth-order valence-corrected chi connectivity index (χ4v) is 3.70. The van der Waals surface area contributed by atoms with Crippen molar-refractivity contribution in [3.63, 3.8) is 0 Å². The number of hydrogen-bond donors (Lipinski definition) is 2. The molecule has 1 aliphatic heterocycles. The van der Waals surface area contributed by atoms with Gasteiger partial charge < -0.3 is 15.4 Å². The van der Waals surface area contributed by atoms with E-state index in [0.29, 0.717) is 5.69 Å². The summed E-state index contributed by atoms with van der Waals surface area (Å²) >= 11 is 2.13. The smallest absolute Gasteiger partial charge is 0.329 e. The van der Waals surface area contributed by atoms with E-state index >= 15 is 0 Å². The first kappa shape index (κ1) is 20.8. The molecule has 2 aromatic rings. The molecule has 0 aliphatic carbocycles. The van der Waals surface area contributed by atoms with Gasteiger partial charge in [-0.1, -0.05) is 31.2 Å². The molecule has 29 heavy (non-hydrogen) atoms. The number of aryl methyl sites for hydroxylation is 1. The lowest BCUT2D eigenvalue weighted by Gasteiger charge is -2.13. The molecule has 4 amide bonds. The average molecular weight is 505 g/mol. The van der Waals surface area contributed by atoms with Crippen molar-refractivity contribution in [3.8, 4) is 5.75 Å². The topological polar surface area (TPSA) is 87.7 Å². The molecule has 0 saturated carbocycles. The van der Waals surface area contributed by atoms with Crippen LogP contribution in [0.5, 0.6) is 5.75 Å². The minimum atomic E-state index is -0.622. The lowest BCUT2D eigenvalue weighted by molar-refractivity contribution is -0.127. The molecule has 0 atom stereocenters. The van der Waals surface area contributed by atoms with Gasteiger partial charge in [-0.05, 0) is 64.4 Å². The highest BCUT2D eigenvalue weighted by atomic mass is 127. The highest BCUT2D eigenvalue weighted by Gasteiger charge is 2.35. The first-order valence-electron chi connectivity index (χ1n) is 8.98. The Hall–Kier alpha value is -2.88. The maximum Gasteiger partial charge on any atom is 0.329 e. The van der Waals surface area contributed by atoms with Gasteiger partial charge in [0.1, 0.15) is 18.0 Å². The molecule has 3 rings (SSSR count). The van der Waals surface area contributed by atoms with E-state index in [4.69, 9.17) is 4.74 Å². The molecule has 1 fully saturated rings. The summed E-state index contributed by atoms with van der Waals surface area (Å²) in [6.45, 7) is 1.63. The van der Waals surface area contributed by atoms with E-state index < -0.39 is 17.8 Å². The molecule has 2 N–H and O–H groups in total. The molecule has 150 valence electrons. The van der Waals surface area contributed by atoms with Gasteiger partial charge in [-0.15, -0.1) is 0 Å². The number of ether oxygens (including phenoxy) is 1. The third-order valence-electron chi connectivity index (χ3n) is 4.42. The summed E-state index contributed by atoms with van der Waals surface area (Å²) in [4.78, 5) is 38.1. The number of hydrogen-bond acceptors (Lipinski definition) is 4. The summed E-state index contributed by atoms with van der Waals surface area (Å²) in [5.74, 6) is -0.255. The van der Waals surface area contributed by atoms with Crippen molar-refractivity contribution < 1.29 is 19.1 Å². The van der Waals surface area contributed by atoms with Gasteiger partial charge in [0.05, 0.1) is 10.7 Å². The number of nitrogens with one attached hydrogen (secondary N) is 2.